The molecule has 0 saturated heterocycles. The zero-order valence-electron chi connectivity index (χ0n) is 16.6. The second-order valence-corrected chi connectivity index (χ2v) is 6.43. The molecule has 0 aliphatic rings. The third-order valence-electron chi connectivity index (χ3n) is 5.04. The molecular formula is C18H28N6O3. The SMILES string of the molecule is CCC(CC)(CN)C(=O)N(C)Cc1nnnn1-c1cc(OC)cc(OC)c1. The number of aromatic nitrogens is 4. The quantitative estimate of drug-likeness (QED) is 0.704. The average Bonchev–Trinajstić information content (AvgIpc) is 3.17. The Morgan fingerprint density at radius 3 is 2.26 bits per heavy atom. The first-order valence-electron chi connectivity index (χ1n) is 8.91. The van der Waals surface area contributed by atoms with Crippen LogP contribution in [0.2, 0.25) is 0 Å². The molecule has 9 nitrogen and oxygen atoms in total. The average molecular weight is 376 g/mol. The van der Waals surface area contributed by atoms with Crippen LogP contribution in [-0.4, -0.2) is 58.8 Å². The molecule has 2 N–H and O–H groups in total. The zero-order valence-corrected chi connectivity index (χ0v) is 16.6. The number of hydrogen-bond donors (Lipinski definition) is 1. The number of hydrogen-bond acceptors (Lipinski definition) is 7. The van der Waals surface area contributed by atoms with Gasteiger partial charge in [0.15, 0.2) is 5.82 Å². The van der Waals surface area contributed by atoms with Crippen LogP contribution in [0.15, 0.2) is 18.2 Å². The number of ether oxygens (including phenoxy) is 2. The molecule has 0 bridgehead atoms. The lowest BCUT2D eigenvalue weighted by Crippen LogP contribution is -2.46. The highest BCUT2D eigenvalue weighted by Crippen LogP contribution is 2.28. The first kappa shape index (κ1) is 20.6. The fraction of sp³-hybridized carbons (Fsp3) is 0.556. The Morgan fingerprint density at radius 1 is 1.19 bits per heavy atom. The highest BCUT2D eigenvalue weighted by atomic mass is 16.5. The van der Waals surface area contributed by atoms with Crippen molar-refractivity contribution in [1.29, 1.82) is 0 Å². The van der Waals surface area contributed by atoms with Crippen LogP contribution in [0, 0.1) is 5.41 Å². The molecule has 0 saturated carbocycles. The normalized spacial score (nSPS) is 11.3. The summed E-state index contributed by atoms with van der Waals surface area (Å²) in [6.45, 7) is 4.53. The van der Waals surface area contributed by atoms with Gasteiger partial charge in [-0.3, -0.25) is 4.79 Å². The number of tetrazole rings is 1. The van der Waals surface area contributed by atoms with Crippen molar-refractivity contribution in [2.24, 2.45) is 11.1 Å². The molecule has 2 rings (SSSR count). The molecule has 148 valence electrons. The van der Waals surface area contributed by atoms with Crippen LogP contribution in [0.1, 0.15) is 32.5 Å². The molecule has 0 unspecified atom stereocenters. The predicted molar refractivity (Wildman–Crippen MR) is 101 cm³/mol. The Balaban J connectivity index is 2.31. The number of rotatable bonds is 9. The lowest BCUT2D eigenvalue weighted by molar-refractivity contribution is -0.141. The van der Waals surface area contributed by atoms with Gasteiger partial charge in [0.2, 0.25) is 5.91 Å². The van der Waals surface area contributed by atoms with Crippen molar-refractivity contribution in [3.63, 3.8) is 0 Å². The molecule has 1 heterocycles. The lowest BCUT2D eigenvalue weighted by Gasteiger charge is -2.33. The van der Waals surface area contributed by atoms with Crippen LogP contribution in [0.3, 0.4) is 0 Å². The number of carbonyl (C=O) groups excluding carboxylic acids is 1. The van der Waals surface area contributed by atoms with Crippen molar-refractivity contribution < 1.29 is 14.3 Å². The smallest absolute Gasteiger partial charge is 0.230 e. The number of methoxy groups -OCH3 is 2. The monoisotopic (exact) mass is 376 g/mol. The van der Waals surface area contributed by atoms with Crippen molar-refractivity contribution in [1.82, 2.24) is 25.1 Å². The van der Waals surface area contributed by atoms with E-state index in [9.17, 15) is 4.79 Å². The lowest BCUT2D eigenvalue weighted by atomic mass is 9.81. The molecule has 9 heteroatoms. The Bertz CT molecular complexity index is 742. The maximum absolute atomic E-state index is 13.0. The minimum absolute atomic E-state index is 0.00669. The van der Waals surface area contributed by atoms with Gasteiger partial charge in [0, 0.05) is 31.8 Å². The Kier molecular flexibility index (Phi) is 6.73. The van der Waals surface area contributed by atoms with Gasteiger partial charge in [0.05, 0.1) is 31.9 Å². The van der Waals surface area contributed by atoms with Gasteiger partial charge in [-0.05, 0) is 23.3 Å². The molecule has 0 fully saturated rings. The fourth-order valence-electron chi connectivity index (χ4n) is 3.04. The molecule has 0 radical (unpaired) electrons. The van der Waals surface area contributed by atoms with E-state index in [2.05, 4.69) is 15.5 Å². The highest BCUT2D eigenvalue weighted by molar-refractivity contribution is 5.82. The summed E-state index contributed by atoms with van der Waals surface area (Å²) in [4.78, 5) is 14.6. The summed E-state index contributed by atoms with van der Waals surface area (Å²) in [6, 6.07) is 5.36. The third-order valence-corrected chi connectivity index (χ3v) is 5.04. The molecule has 0 aliphatic heterocycles. The van der Waals surface area contributed by atoms with Gasteiger partial charge < -0.3 is 20.1 Å². The number of carbonyl (C=O) groups is 1. The van der Waals surface area contributed by atoms with Crippen molar-refractivity contribution in [2.75, 3.05) is 27.8 Å². The van der Waals surface area contributed by atoms with Gasteiger partial charge in [-0.15, -0.1) is 5.10 Å². The van der Waals surface area contributed by atoms with E-state index < -0.39 is 5.41 Å². The molecule has 0 aliphatic carbocycles. The van der Waals surface area contributed by atoms with Crippen LogP contribution >= 0.6 is 0 Å². The summed E-state index contributed by atoms with van der Waals surface area (Å²) >= 11 is 0. The first-order chi connectivity index (χ1) is 12.9. The second-order valence-electron chi connectivity index (χ2n) is 6.43. The molecule has 1 aromatic heterocycles. The largest absolute Gasteiger partial charge is 0.497 e. The van der Waals surface area contributed by atoms with E-state index in [4.69, 9.17) is 15.2 Å². The molecule has 0 atom stereocenters. The molecular weight excluding hydrogens is 348 g/mol. The zero-order chi connectivity index (χ0) is 20.0. The van der Waals surface area contributed by atoms with Gasteiger partial charge in [-0.1, -0.05) is 13.8 Å². The Labute approximate surface area is 159 Å². The van der Waals surface area contributed by atoms with E-state index in [0.29, 0.717) is 42.4 Å². The van der Waals surface area contributed by atoms with Crippen LogP contribution < -0.4 is 15.2 Å². The maximum atomic E-state index is 13.0. The van der Waals surface area contributed by atoms with Gasteiger partial charge in [-0.2, -0.15) is 4.68 Å². The predicted octanol–water partition coefficient (Wildman–Crippen LogP) is 1.40. The fourth-order valence-corrected chi connectivity index (χ4v) is 3.04. The molecule has 0 spiro atoms. The number of benzene rings is 1. The van der Waals surface area contributed by atoms with E-state index in [-0.39, 0.29) is 12.5 Å². The minimum atomic E-state index is -0.563. The summed E-state index contributed by atoms with van der Waals surface area (Å²) in [7, 11) is 4.89. The first-order valence-corrected chi connectivity index (χ1v) is 8.91. The summed E-state index contributed by atoms with van der Waals surface area (Å²) in [6.07, 6.45) is 1.36. The van der Waals surface area contributed by atoms with E-state index in [1.165, 1.54) is 0 Å². The highest BCUT2D eigenvalue weighted by Gasteiger charge is 2.36. The maximum Gasteiger partial charge on any atom is 0.230 e. The van der Waals surface area contributed by atoms with Gasteiger partial charge >= 0.3 is 0 Å². The van der Waals surface area contributed by atoms with E-state index in [0.717, 1.165) is 0 Å². The van der Waals surface area contributed by atoms with Gasteiger partial charge in [0.1, 0.15) is 11.5 Å². The topological polar surface area (TPSA) is 108 Å². The molecule has 1 amide bonds. The van der Waals surface area contributed by atoms with Crippen LogP contribution in [0.4, 0.5) is 0 Å². The van der Waals surface area contributed by atoms with E-state index >= 15 is 0 Å². The minimum Gasteiger partial charge on any atom is -0.497 e. The van der Waals surface area contributed by atoms with Crippen LogP contribution in [0.25, 0.3) is 5.69 Å². The standard InChI is InChI=1S/C18H28N6O3/c1-6-18(7-2,12-19)17(25)23(3)11-16-20-21-22-24(16)13-8-14(26-4)10-15(9-13)27-5/h8-10H,6-7,11-12,19H2,1-5H3. The number of nitrogens with zero attached hydrogens (tertiary/aromatic N) is 5. The van der Waals surface area contributed by atoms with Crippen molar-refractivity contribution in [3.8, 4) is 17.2 Å². The van der Waals surface area contributed by atoms with Crippen molar-refractivity contribution in [3.05, 3.63) is 24.0 Å². The van der Waals surface area contributed by atoms with Gasteiger partial charge in [-0.25, -0.2) is 0 Å². The molecule has 1 aromatic carbocycles. The number of amides is 1. The van der Waals surface area contributed by atoms with E-state index in [1.807, 2.05) is 13.8 Å². The van der Waals surface area contributed by atoms with Gasteiger partial charge in [0.25, 0.3) is 0 Å². The van der Waals surface area contributed by atoms with Crippen LogP contribution in [-0.2, 0) is 11.3 Å². The van der Waals surface area contributed by atoms with Crippen LogP contribution in [0.5, 0.6) is 11.5 Å². The number of nitrogens with two attached hydrogens (primary N) is 1. The molecule has 27 heavy (non-hydrogen) atoms. The third kappa shape index (κ3) is 4.19. The molecule has 2 aromatic rings. The summed E-state index contributed by atoms with van der Waals surface area (Å²) in [5.41, 5.74) is 6.03. The second kappa shape index (κ2) is 8.81. The Hall–Kier alpha value is -2.68. The summed E-state index contributed by atoms with van der Waals surface area (Å²) in [5, 5.41) is 11.9. The summed E-state index contributed by atoms with van der Waals surface area (Å²) in [5.74, 6) is 1.76. The van der Waals surface area contributed by atoms with E-state index in [1.54, 1.807) is 49.0 Å². The summed E-state index contributed by atoms with van der Waals surface area (Å²) < 4.78 is 12.2. The Morgan fingerprint density at radius 2 is 1.78 bits per heavy atom. The van der Waals surface area contributed by atoms with Crippen molar-refractivity contribution >= 4 is 5.91 Å². The van der Waals surface area contributed by atoms with Crippen molar-refractivity contribution in [2.45, 2.75) is 33.2 Å².